The van der Waals surface area contributed by atoms with Crippen LogP contribution in [0.15, 0.2) is 36.4 Å². The van der Waals surface area contributed by atoms with Crippen molar-refractivity contribution in [3.63, 3.8) is 0 Å². The third-order valence-electron chi connectivity index (χ3n) is 3.49. The van der Waals surface area contributed by atoms with Crippen LogP contribution in [0.25, 0.3) is 0 Å². The van der Waals surface area contributed by atoms with Crippen LogP contribution >= 0.6 is 0 Å². The number of rotatable bonds is 6. The molecule has 9 heteroatoms. The van der Waals surface area contributed by atoms with Crippen LogP contribution < -0.4 is 29.6 Å². The van der Waals surface area contributed by atoms with Gasteiger partial charge in [0.15, 0.2) is 11.5 Å². The zero-order valence-corrected chi connectivity index (χ0v) is 14.0. The largest absolute Gasteiger partial charge is 0.586 e. The molecule has 1 aliphatic heterocycles. The number of alkyl halides is 2. The fourth-order valence-corrected chi connectivity index (χ4v) is 2.33. The Labute approximate surface area is 147 Å². The minimum absolute atomic E-state index is 0.0616. The normalized spacial score (nSPS) is 13.8. The van der Waals surface area contributed by atoms with Gasteiger partial charge in [-0.1, -0.05) is 0 Å². The molecule has 26 heavy (non-hydrogen) atoms. The van der Waals surface area contributed by atoms with Gasteiger partial charge in [-0.05, 0) is 12.1 Å². The number of fused-ring (bicyclic) bond motifs is 1. The Balaban J connectivity index is 1.60. The van der Waals surface area contributed by atoms with Crippen molar-refractivity contribution in [1.29, 1.82) is 0 Å². The molecule has 2 aromatic rings. The van der Waals surface area contributed by atoms with Gasteiger partial charge in [0.2, 0.25) is 5.91 Å². The predicted octanol–water partition coefficient (Wildman–Crippen LogP) is 3.08. The maximum atomic E-state index is 13.0. The van der Waals surface area contributed by atoms with E-state index in [1.54, 1.807) is 18.2 Å². The summed E-state index contributed by atoms with van der Waals surface area (Å²) < 4.78 is 44.9. The zero-order chi connectivity index (χ0) is 18.7. The summed E-state index contributed by atoms with van der Waals surface area (Å²) in [6.07, 6.45) is -3.68. The molecular weight excluding hydrogens is 350 g/mol. The Morgan fingerprint density at radius 1 is 1.00 bits per heavy atom. The van der Waals surface area contributed by atoms with E-state index in [0.717, 1.165) is 0 Å². The van der Waals surface area contributed by atoms with Gasteiger partial charge in [-0.15, -0.1) is 8.78 Å². The van der Waals surface area contributed by atoms with E-state index in [1.807, 2.05) is 0 Å². The van der Waals surface area contributed by atoms with Crippen LogP contribution in [0.2, 0.25) is 0 Å². The van der Waals surface area contributed by atoms with Crippen LogP contribution in [0.4, 0.5) is 20.2 Å². The number of hydrogen-bond donors (Lipinski definition) is 2. The summed E-state index contributed by atoms with van der Waals surface area (Å²) in [5.41, 5.74) is 0.932. The Morgan fingerprint density at radius 3 is 2.31 bits per heavy atom. The molecule has 7 nitrogen and oxygen atoms in total. The third-order valence-corrected chi connectivity index (χ3v) is 3.49. The van der Waals surface area contributed by atoms with Crippen molar-refractivity contribution < 1.29 is 32.5 Å². The van der Waals surface area contributed by atoms with Crippen molar-refractivity contribution in [2.24, 2.45) is 0 Å². The minimum atomic E-state index is -3.68. The summed E-state index contributed by atoms with van der Waals surface area (Å²) in [6.45, 7) is -0.0877. The second-order valence-electron chi connectivity index (χ2n) is 5.33. The number of anilines is 2. The molecule has 1 heterocycles. The second kappa shape index (κ2) is 6.95. The summed E-state index contributed by atoms with van der Waals surface area (Å²) in [7, 11) is 3.01. The summed E-state index contributed by atoms with van der Waals surface area (Å²) in [5, 5.41) is 5.51. The number of hydrogen-bond acceptors (Lipinski definition) is 6. The molecule has 138 valence electrons. The molecule has 2 aromatic carbocycles. The minimum Gasteiger partial charge on any atom is -0.497 e. The lowest BCUT2D eigenvalue weighted by molar-refractivity contribution is -0.286. The van der Waals surface area contributed by atoms with Gasteiger partial charge < -0.3 is 29.6 Å². The van der Waals surface area contributed by atoms with E-state index >= 15 is 0 Å². The van der Waals surface area contributed by atoms with Crippen LogP contribution in [0.1, 0.15) is 0 Å². The van der Waals surface area contributed by atoms with E-state index in [-0.39, 0.29) is 24.0 Å². The first-order valence-corrected chi connectivity index (χ1v) is 7.55. The van der Waals surface area contributed by atoms with Gasteiger partial charge in [0.25, 0.3) is 0 Å². The number of methoxy groups -OCH3 is 2. The van der Waals surface area contributed by atoms with E-state index in [1.165, 1.54) is 32.4 Å². The Kier molecular flexibility index (Phi) is 4.70. The van der Waals surface area contributed by atoms with Crippen LogP contribution in [-0.4, -0.2) is 33.0 Å². The molecule has 0 unspecified atom stereocenters. The number of nitrogens with one attached hydrogen (secondary N) is 2. The van der Waals surface area contributed by atoms with Crippen LogP contribution in [0, 0.1) is 0 Å². The highest BCUT2D eigenvalue weighted by Gasteiger charge is 2.43. The lowest BCUT2D eigenvalue weighted by Gasteiger charge is -2.11. The molecule has 1 amide bonds. The number of halogens is 2. The Bertz CT molecular complexity index is 807. The maximum Gasteiger partial charge on any atom is 0.586 e. The van der Waals surface area contributed by atoms with Gasteiger partial charge in [-0.2, -0.15) is 0 Å². The van der Waals surface area contributed by atoms with Gasteiger partial charge in [0.1, 0.15) is 11.5 Å². The average Bonchev–Trinajstić information content (AvgIpc) is 2.92. The monoisotopic (exact) mass is 366 g/mol. The summed E-state index contributed by atoms with van der Waals surface area (Å²) >= 11 is 0. The van der Waals surface area contributed by atoms with Crippen LogP contribution in [0.5, 0.6) is 23.0 Å². The fraction of sp³-hybridized carbons (Fsp3) is 0.235. The molecule has 3 rings (SSSR count). The van der Waals surface area contributed by atoms with Crippen molar-refractivity contribution in [3.05, 3.63) is 36.4 Å². The van der Waals surface area contributed by atoms with Crippen molar-refractivity contribution >= 4 is 17.3 Å². The van der Waals surface area contributed by atoms with Gasteiger partial charge in [-0.3, -0.25) is 4.79 Å². The van der Waals surface area contributed by atoms with Gasteiger partial charge in [-0.25, -0.2) is 0 Å². The highest BCUT2D eigenvalue weighted by molar-refractivity contribution is 5.94. The van der Waals surface area contributed by atoms with Crippen molar-refractivity contribution in [3.8, 4) is 23.0 Å². The number of carbonyl (C=O) groups excluding carboxylic acids is 1. The molecule has 0 atom stereocenters. The maximum absolute atomic E-state index is 13.0. The quantitative estimate of drug-likeness (QED) is 0.818. The highest BCUT2D eigenvalue weighted by atomic mass is 19.3. The molecular formula is C17H16F2N2O5. The van der Waals surface area contributed by atoms with Gasteiger partial charge >= 0.3 is 6.29 Å². The molecule has 0 aliphatic carbocycles. The summed E-state index contributed by atoms with van der Waals surface area (Å²) in [5.74, 6) is 0.559. The van der Waals surface area contributed by atoms with E-state index in [2.05, 4.69) is 20.1 Å². The molecule has 0 saturated heterocycles. The lowest BCUT2D eigenvalue weighted by Crippen LogP contribution is -2.25. The first kappa shape index (κ1) is 17.6. The molecule has 0 fully saturated rings. The number of amides is 1. The lowest BCUT2D eigenvalue weighted by atomic mass is 10.2. The number of benzene rings is 2. The van der Waals surface area contributed by atoms with Crippen LogP contribution in [-0.2, 0) is 4.79 Å². The molecule has 0 aromatic heterocycles. The number of ether oxygens (including phenoxy) is 4. The third kappa shape index (κ3) is 4.05. The zero-order valence-electron chi connectivity index (χ0n) is 14.0. The van der Waals surface area contributed by atoms with Crippen molar-refractivity contribution in [2.45, 2.75) is 6.29 Å². The Hall–Kier alpha value is -3.23. The van der Waals surface area contributed by atoms with Crippen molar-refractivity contribution in [1.82, 2.24) is 0 Å². The van der Waals surface area contributed by atoms with Crippen molar-refractivity contribution in [2.75, 3.05) is 31.4 Å². The smallest absolute Gasteiger partial charge is 0.497 e. The molecule has 0 radical (unpaired) electrons. The predicted molar refractivity (Wildman–Crippen MR) is 89.3 cm³/mol. The highest BCUT2D eigenvalue weighted by Crippen LogP contribution is 2.42. The van der Waals surface area contributed by atoms with Gasteiger partial charge in [0.05, 0.1) is 20.8 Å². The van der Waals surface area contributed by atoms with E-state index in [9.17, 15) is 13.6 Å². The summed E-state index contributed by atoms with van der Waals surface area (Å²) in [6, 6.07) is 9.13. The fourth-order valence-electron chi connectivity index (χ4n) is 2.33. The first-order chi connectivity index (χ1) is 12.4. The average molecular weight is 366 g/mol. The standard InChI is InChI=1S/C17H16F2N2O5/c1-23-12-5-11(6-13(8-12)24-2)21-16(22)9-20-10-3-4-14-15(7-10)26-17(18,19)25-14/h3-8,20H,9H2,1-2H3,(H,21,22). The molecule has 1 aliphatic rings. The van der Waals surface area contributed by atoms with Crippen LogP contribution in [0.3, 0.4) is 0 Å². The second-order valence-corrected chi connectivity index (χ2v) is 5.33. The molecule has 2 N–H and O–H groups in total. The molecule has 0 saturated carbocycles. The Morgan fingerprint density at radius 2 is 1.65 bits per heavy atom. The topological polar surface area (TPSA) is 78.1 Å². The number of carbonyl (C=O) groups is 1. The molecule has 0 bridgehead atoms. The SMILES string of the molecule is COc1cc(NC(=O)CNc2ccc3c(c2)OC(F)(F)O3)cc(OC)c1. The van der Waals surface area contributed by atoms with E-state index in [4.69, 9.17) is 9.47 Å². The summed E-state index contributed by atoms with van der Waals surface area (Å²) in [4.78, 5) is 12.1. The van der Waals surface area contributed by atoms with E-state index in [0.29, 0.717) is 22.9 Å². The van der Waals surface area contributed by atoms with Gasteiger partial charge in [0, 0.05) is 35.6 Å². The first-order valence-electron chi connectivity index (χ1n) is 7.55. The molecule has 0 spiro atoms. The van der Waals surface area contributed by atoms with E-state index < -0.39 is 6.29 Å².